The van der Waals surface area contributed by atoms with Gasteiger partial charge < -0.3 is 15.0 Å². The van der Waals surface area contributed by atoms with Crippen molar-refractivity contribution in [2.45, 2.75) is 13.8 Å². The predicted molar refractivity (Wildman–Crippen MR) is 103 cm³/mol. The maximum atomic E-state index is 12.8. The Balaban J connectivity index is 2.05. The number of carbonyl (C=O) groups excluding carboxylic acids is 1. The largest absolute Gasteiger partial charge is 0.497 e. The van der Waals surface area contributed by atoms with Gasteiger partial charge in [-0.3, -0.25) is 9.59 Å². The molecule has 138 valence electrons. The van der Waals surface area contributed by atoms with Gasteiger partial charge in [0, 0.05) is 18.0 Å². The molecule has 0 spiro atoms. The van der Waals surface area contributed by atoms with Crippen molar-refractivity contribution in [1.82, 2.24) is 9.55 Å². The number of aromatic amines is 1. The molecule has 7 heteroatoms. The first-order valence-corrected chi connectivity index (χ1v) is 8.29. The van der Waals surface area contributed by atoms with E-state index < -0.39 is 17.2 Å². The summed E-state index contributed by atoms with van der Waals surface area (Å²) >= 11 is 0. The van der Waals surface area contributed by atoms with Crippen molar-refractivity contribution in [3.8, 4) is 11.4 Å². The van der Waals surface area contributed by atoms with Crippen molar-refractivity contribution in [1.29, 1.82) is 0 Å². The van der Waals surface area contributed by atoms with Crippen molar-refractivity contribution in [2.75, 3.05) is 12.4 Å². The minimum absolute atomic E-state index is 0.168. The van der Waals surface area contributed by atoms with E-state index in [2.05, 4.69) is 10.3 Å². The van der Waals surface area contributed by atoms with Gasteiger partial charge in [0.1, 0.15) is 11.3 Å². The Morgan fingerprint density at radius 1 is 1.11 bits per heavy atom. The number of benzene rings is 2. The van der Waals surface area contributed by atoms with E-state index >= 15 is 0 Å². The minimum atomic E-state index is -0.713. The lowest BCUT2D eigenvalue weighted by Crippen LogP contribution is -2.38. The molecule has 1 aromatic heterocycles. The summed E-state index contributed by atoms with van der Waals surface area (Å²) < 4.78 is 6.03. The van der Waals surface area contributed by atoms with E-state index in [4.69, 9.17) is 4.74 Å². The van der Waals surface area contributed by atoms with Crippen molar-refractivity contribution in [3.05, 3.63) is 86.2 Å². The zero-order chi connectivity index (χ0) is 19.6. The van der Waals surface area contributed by atoms with Crippen LogP contribution >= 0.6 is 0 Å². The molecule has 2 aromatic carbocycles. The fourth-order valence-corrected chi connectivity index (χ4v) is 2.70. The first-order chi connectivity index (χ1) is 12.9. The number of methoxy groups -OCH3 is 1. The van der Waals surface area contributed by atoms with Crippen LogP contribution in [0.25, 0.3) is 5.69 Å². The van der Waals surface area contributed by atoms with E-state index in [9.17, 15) is 14.4 Å². The Hall–Kier alpha value is -3.61. The van der Waals surface area contributed by atoms with Gasteiger partial charge in [-0.05, 0) is 43.2 Å². The summed E-state index contributed by atoms with van der Waals surface area (Å²) in [5, 5.41) is 2.73. The lowest BCUT2D eigenvalue weighted by molar-refractivity contribution is 0.102. The quantitative estimate of drug-likeness (QED) is 0.742. The van der Waals surface area contributed by atoms with Crippen LogP contribution in [-0.4, -0.2) is 22.6 Å². The van der Waals surface area contributed by atoms with Gasteiger partial charge in [-0.15, -0.1) is 0 Å². The number of carbonyl (C=O) groups is 1. The average Bonchev–Trinajstić information content (AvgIpc) is 2.65. The predicted octanol–water partition coefficient (Wildman–Crippen LogP) is 2.40. The number of hydrogen-bond donors (Lipinski definition) is 2. The van der Waals surface area contributed by atoms with Crippen LogP contribution in [0.5, 0.6) is 5.75 Å². The summed E-state index contributed by atoms with van der Waals surface area (Å²) in [6.45, 7) is 3.81. The lowest BCUT2D eigenvalue weighted by Gasteiger charge is -2.11. The number of aromatic nitrogens is 2. The average molecular weight is 365 g/mol. The number of hydrogen-bond acceptors (Lipinski definition) is 4. The highest BCUT2D eigenvalue weighted by Gasteiger charge is 2.17. The molecule has 0 radical (unpaired) electrons. The summed E-state index contributed by atoms with van der Waals surface area (Å²) in [7, 11) is 1.49. The van der Waals surface area contributed by atoms with Gasteiger partial charge in [-0.2, -0.15) is 0 Å². The van der Waals surface area contributed by atoms with Crippen molar-refractivity contribution in [3.63, 3.8) is 0 Å². The number of nitrogens with zero attached hydrogens (tertiary/aromatic N) is 1. The standard InChI is InChI=1S/C20H19N3O4/c1-12-6-4-9-17(13(12)2)22-18(24)16-11-21-20(26)23(19(16)25)14-7-5-8-15(10-14)27-3/h4-11H,1-3H3,(H,21,26)(H,22,24). The van der Waals surface area contributed by atoms with E-state index in [1.54, 1.807) is 30.3 Å². The number of amides is 1. The highest BCUT2D eigenvalue weighted by Crippen LogP contribution is 2.18. The number of aryl methyl sites for hydroxylation is 1. The molecule has 3 aromatic rings. The SMILES string of the molecule is COc1cccc(-n2c(=O)[nH]cc(C(=O)Nc3cccc(C)c3C)c2=O)c1. The second kappa shape index (κ2) is 7.33. The van der Waals surface area contributed by atoms with Crippen LogP contribution < -0.4 is 21.3 Å². The van der Waals surface area contributed by atoms with Gasteiger partial charge >= 0.3 is 5.69 Å². The Morgan fingerprint density at radius 3 is 2.59 bits per heavy atom. The van der Waals surface area contributed by atoms with E-state index in [-0.39, 0.29) is 5.56 Å². The number of rotatable bonds is 4. The zero-order valence-corrected chi connectivity index (χ0v) is 15.2. The minimum Gasteiger partial charge on any atom is -0.497 e. The number of nitrogens with one attached hydrogen (secondary N) is 2. The van der Waals surface area contributed by atoms with Gasteiger partial charge in [-0.1, -0.05) is 18.2 Å². The van der Waals surface area contributed by atoms with Crippen LogP contribution in [0.4, 0.5) is 5.69 Å². The molecule has 1 heterocycles. The van der Waals surface area contributed by atoms with E-state index in [1.807, 2.05) is 26.0 Å². The van der Waals surface area contributed by atoms with Gasteiger partial charge in [0.05, 0.1) is 12.8 Å². The molecule has 0 aliphatic carbocycles. The van der Waals surface area contributed by atoms with Crippen molar-refractivity contribution < 1.29 is 9.53 Å². The molecular formula is C20H19N3O4. The number of ether oxygens (including phenoxy) is 1. The molecule has 0 fully saturated rings. The monoisotopic (exact) mass is 365 g/mol. The third kappa shape index (κ3) is 3.52. The summed E-state index contributed by atoms with van der Waals surface area (Å²) in [5.41, 5.74) is 1.32. The molecule has 0 saturated heterocycles. The normalized spacial score (nSPS) is 10.5. The maximum absolute atomic E-state index is 12.8. The molecule has 0 atom stereocenters. The third-order valence-corrected chi connectivity index (χ3v) is 4.39. The highest BCUT2D eigenvalue weighted by molar-refractivity contribution is 6.04. The Bertz CT molecular complexity index is 1130. The Kier molecular flexibility index (Phi) is 4.94. The molecule has 0 bridgehead atoms. The fourth-order valence-electron chi connectivity index (χ4n) is 2.70. The van der Waals surface area contributed by atoms with E-state index in [0.717, 1.165) is 21.9 Å². The van der Waals surface area contributed by atoms with Gasteiger partial charge in [0.15, 0.2) is 0 Å². The van der Waals surface area contributed by atoms with Crippen molar-refractivity contribution >= 4 is 11.6 Å². The molecule has 3 rings (SSSR count). The first-order valence-electron chi connectivity index (χ1n) is 8.29. The summed E-state index contributed by atoms with van der Waals surface area (Å²) in [4.78, 5) is 40.1. The molecule has 0 unspecified atom stereocenters. The Morgan fingerprint density at radius 2 is 1.85 bits per heavy atom. The molecule has 0 saturated carbocycles. The van der Waals surface area contributed by atoms with Crippen LogP contribution in [0.1, 0.15) is 21.5 Å². The Labute approximate surface area is 155 Å². The number of H-pyrrole nitrogens is 1. The molecule has 27 heavy (non-hydrogen) atoms. The topological polar surface area (TPSA) is 93.2 Å². The van der Waals surface area contributed by atoms with Crippen LogP contribution in [0.2, 0.25) is 0 Å². The molecule has 2 N–H and O–H groups in total. The maximum Gasteiger partial charge on any atom is 0.333 e. The van der Waals surface area contributed by atoms with E-state index in [0.29, 0.717) is 17.1 Å². The fraction of sp³-hybridized carbons (Fsp3) is 0.150. The second-order valence-corrected chi connectivity index (χ2v) is 6.05. The summed E-state index contributed by atoms with van der Waals surface area (Å²) in [5.74, 6) is -0.106. The third-order valence-electron chi connectivity index (χ3n) is 4.39. The highest BCUT2D eigenvalue weighted by atomic mass is 16.5. The van der Waals surface area contributed by atoms with Crippen LogP contribution in [0.3, 0.4) is 0 Å². The van der Waals surface area contributed by atoms with Crippen LogP contribution in [0.15, 0.2) is 58.3 Å². The molecule has 0 aliphatic rings. The molecule has 0 aliphatic heterocycles. The summed E-state index contributed by atoms with van der Waals surface area (Å²) in [6, 6.07) is 12.0. The zero-order valence-electron chi connectivity index (χ0n) is 15.2. The van der Waals surface area contributed by atoms with Gasteiger partial charge in [-0.25, -0.2) is 9.36 Å². The van der Waals surface area contributed by atoms with E-state index in [1.165, 1.54) is 7.11 Å². The number of anilines is 1. The van der Waals surface area contributed by atoms with Crippen molar-refractivity contribution in [2.24, 2.45) is 0 Å². The second-order valence-electron chi connectivity index (χ2n) is 6.05. The molecule has 7 nitrogen and oxygen atoms in total. The summed E-state index contributed by atoms with van der Waals surface area (Å²) in [6.07, 6.45) is 1.13. The molecule has 1 amide bonds. The van der Waals surface area contributed by atoms with Gasteiger partial charge in [0.2, 0.25) is 0 Å². The first kappa shape index (κ1) is 18.2. The molecular weight excluding hydrogens is 346 g/mol. The smallest absolute Gasteiger partial charge is 0.333 e. The van der Waals surface area contributed by atoms with Gasteiger partial charge in [0.25, 0.3) is 11.5 Å². The van der Waals surface area contributed by atoms with Crippen LogP contribution in [0, 0.1) is 13.8 Å². The lowest BCUT2D eigenvalue weighted by atomic mass is 10.1. The van der Waals surface area contributed by atoms with Crippen LogP contribution in [-0.2, 0) is 0 Å².